The molecule has 0 N–H and O–H groups in total. The van der Waals surface area contributed by atoms with Crippen LogP contribution in [0, 0.1) is 13.8 Å². The van der Waals surface area contributed by atoms with E-state index in [1.165, 1.54) is 0 Å². The molecule has 5 rings (SSSR count). The molecule has 0 fully saturated rings. The van der Waals surface area contributed by atoms with Gasteiger partial charge in [0.15, 0.2) is 11.3 Å². The molecule has 5 aromatic rings. The van der Waals surface area contributed by atoms with Gasteiger partial charge in [-0.1, -0.05) is 18.2 Å². The summed E-state index contributed by atoms with van der Waals surface area (Å²) in [6, 6.07) is 14.0. The molecule has 0 unspecified atom stereocenters. The maximum atomic E-state index is 13.5. The number of benzene rings is 2. The second kappa shape index (κ2) is 8.16. The molecule has 0 spiro atoms. The lowest BCUT2D eigenvalue weighted by atomic mass is 10.1. The number of ether oxygens (including phenoxy) is 1. The first-order valence-electron chi connectivity index (χ1n) is 10.9. The first-order valence-corrected chi connectivity index (χ1v) is 10.9. The summed E-state index contributed by atoms with van der Waals surface area (Å²) in [5, 5.41) is 0.497. The van der Waals surface area contributed by atoms with Crippen LogP contribution in [-0.2, 0) is 11.3 Å². The molecule has 162 valence electrons. The van der Waals surface area contributed by atoms with Gasteiger partial charge in [-0.05, 0) is 62.6 Å². The van der Waals surface area contributed by atoms with Gasteiger partial charge in [0.25, 0.3) is 5.56 Å². The van der Waals surface area contributed by atoms with Crippen molar-refractivity contribution in [3.8, 4) is 5.69 Å². The van der Waals surface area contributed by atoms with Crippen LogP contribution in [-0.4, -0.2) is 37.3 Å². The van der Waals surface area contributed by atoms with Crippen molar-refractivity contribution in [2.75, 3.05) is 13.2 Å². The summed E-state index contributed by atoms with van der Waals surface area (Å²) in [6.07, 6.45) is 2.36. The Morgan fingerprint density at radius 2 is 1.69 bits per heavy atom. The van der Waals surface area contributed by atoms with Gasteiger partial charge in [-0.3, -0.25) is 13.9 Å². The molecule has 0 radical (unpaired) electrons. The van der Waals surface area contributed by atoms with Crippen LogP contribution in [0.4, 0.5) is 0 Å². The molecule has 0 aliphatic carbocycles. The minimum Gasteiger partial charge on any atom is -0.382 e. The average Bonchev–Trinajstić information content (AvgIpc) is 3.09. The third-order valence-electron chi connectivity index (χ3n) is 5.59. The number of hydrogen-bond acceptors (Lipinski definition) is 5. The number of aromatic nitrogens is 5. The third kappa shape index (κ3) is 3.44. The molecule has 0 aliphatic heterocycles. The summed E-state index contributed by atoms with van der Waals surface area (Å²) in [7, 11) is 0. The van der Waals surface area contributed by atoms with E-state index in [4.69, 9.17) is 19.7 Å². The van der Waals surface area contributed by atoms with Crippen LogP contribution in [0.2, 0.25) is 0 Å². The summed E-state index contributed by atoms with van der Waals surface area (Å²) < 4.78 is 9.02. The Morgan fingerprint density at radius 1 is 0.969 bits per heavy atom. The van der Waals surface area contributed by atoms with Crippen LogP contribution in [0.15, 0.2) is 53.6 Å². The van der Waals surface area contributed by atoms with Gasteiger partial charge >= 0.3 is 0 Å². The van der Waals surface area contributed by atoms with E-state index in [1.54, 1.807) is 10.9 Å². The van der Waals surface area contributed by atoms with E-state index >= 15 is 0 Å². The van der Waals surface area contributed by atoms with Crippen molar-refractivity contribution >= 4 is 33.2 Å². The Hall–Kier alpha value is -3.58. The van der Waals surface area contributed by atoms with Gasteiger partial charge in [-0.15, -0.1) is 0 Å². The number of rotatable bonds is 6. The lowest BCUT2D eigenvalue weighted by molar-refractivity contribution is 0.141. The van der Waals surface area contributed by atoms with Crippen molar-refractivity contribution in [1.29, 1.82) is 0 Å². The van der Waals surface area contributed by atoms with E-state index in [0.717, 1.165) is 34.3 Å². The highest BCUT2D eigenvalue weighted by Gasteiger charge is 2.21. The predicted molar refractivity (Wildman–Crippen MR) is 127 cm³/mol. The molecule has 0 amide bonds. The minimum absolute atomic E-state index is 0.107. The molecular formula is C25H25N5O2. The standard InChI is InChI=1S/C25H25N5O2/c1-4-32-11-7-10-29-15-26-23-21(25(29)31)22-24(28-20-9-6-5-8-19(20)27-22)30(23)18-13-16(2)12-17(3)14-18/h5-6,8-9,12-15H,4,7,10-11H2,1-3H3. The molecule has 0 atom stereocenters. The second-order valence-corrected chi connectivity index (χ2v) is 8.06. The van der Waals surface area contributed by atoms with Gasteiger partial charge in [-0.25, -0.2) is 15.0 Å². The van der Waals surface area contributed by atoms with Crippen molar-refractivity contribution in [2.45, 2.75) is 33.7 Å². The molecule has 2 aromatic carbocycles. The fourth-order valence-corrected chi connectivity index (χ4v) is 4.24. The number of aryl methyl sites for hydroxylation is 3. The predicted octanol–water partition coefficient (Wildman–Crippen LogP) is 4.33. The molecule has 3 aromatic heterocycles. The molecule has 0 saturated heterocycles. The number of para-hydroxylation sites is 2. The summed E-state index contributed by atoms with van der Waals surface area (Å²) in [5.74, 6) is 0. The van der Waals surface area contributed by atoms with Gasteiger partial charge in [0.05, 0.1) is 17.4 Å². The summed E-state index contributed by atoms with van der Waals surface area (Å²) in [4.78, 5) is 28.0. The largest absolute Gasteiger partial charge is 0.382 e. The van der Waals surface area contributed by atoms with E-state index in [2.05, 4.69) is 32.0 Å². The number of hydrogen-bond donors (Lipinski definition) is 0. The molecule has 0 saturated carbocycles. The van der Waals surface area contributed by atoms with Crippen LogP contribution in [0.25, 0.3) is 38.9 Å². The van der Waals surface area contributed by atoms with Crippen molar-refractivity contribution in [2.24, 2.45) is 0 Å². The Labute approximate surface area is 185 Å². The highest BCUT2D eigenvalue weighted by Crippen LogP contribution is 2.29. The Bertz CT molecular complexity index is 1500. The molecular weight excluding hydrogens is 402 g/mol. The van der Waals surface area contributed by atoms with Crippen LogP contribution in [0.1, 0.15) is 24.5 Å². The fraction of sp³-hybridized carbons (Fsp3) is 0.280. The highest BCUT2D eigenvalue weighted by atomic mass is 16.5. The minimum atomic E-state index is -0.107. The van der Waals surface area contributed by atoms with Crippen molar-refractivity contribution < 1.29 is 4.74 Å². The molecule has 0 bridgehead atoms. The maximum Gasteiger partial charge on any atom is 0.265 e. The molecule has 0 aliphatic rings. The van der Waals surface area contributed by atoms with Crippen LogP contribution >= 0.6 is 0 Å². The van der Waals surface area contributed by atoms with Crippen molar-refractivity contribution in [3.63, 3.8) is 0 Å². The zero-order chi connectivity index (χ0) is 22.2. The van der Waals surface area contributed by atoms with Gasteiger partial charge in [0.1, 0.15) is 10.9 Å². The Balaban J connectivity index is 1.82. The monoisotopic (exact) mass is 427 g/mol. The van der Waals surface area contributed by atoms with Gasteiger partial charge < -0.3 is 4.74 Å². The summed E-state index contributed by atoms with van der Waals surface area (Å²) in [6.45, 7) is 7.89. The van der Waals surface area contributed by atoms with Crippen LogP contribution < -0.4 is 5.56 Å². The highest BCUT2D eigenvalue weighted by molar-refractivity contribution is 6.05. The van der Waals surface area contributed by atoms with E-state index < -0.39 is 0 Å². The topological polar surface area (TPSA) is 74.8 Å². The Morgan fingerprint density at radius 3 is 2.41 bits per heavy atom. The molecule has 7 heteroatoms. The van der Waals surface area contributed by atoms with E-state index in [0.29, 0.717) is 42.0 Å². The molecule has 32 heavy (non-hydrogen) atoms. The van der Waals surface area contributed by atoms with Crippen molar-refractivity contribution in [3.05, 3.63) is 70.3 Å². The Kier molecular flexibility index (Phi) is 5.19. The van der Waals surface area contributed by atoms with Crippen LogP contribution in [0.5, 0.6) is 0 Å². The zero-order valence-corrected chi connectivity index (χ0v) is 18.5. The molecule has 3 heterocycles. The third-order valence-corrected chi connectivity index (χ3v) is 5.59. The van der Waals surface area contributed by atoms with E-state index in [1.807, 2.05) is 35.8 Å². The fourth-order valence-electron chi connectivity index (χ4n) is 4.24. The maximum absolute atomic E-state index is 13.5. The van der Waals surface area contributed by atoms with Crippen LogP contribution in [0.3, 0.4) is 0 Å². The SMILES string of the molecule is CCOCCCn1cnc2c(c1=O)c1nc3ccccc3nc1n2-c1cc(C)cc(C)c1. The van der Waals surface area contributed by atoms with Gasteiger partial charge in [0.2, 0.25) is 0 Å². The quantitative estimate of drug-likeness (QED) is 0.377. The summed E-state index contributed by atoms with van der Waals surface area (Å²) >= 11 is 0. The first-order chi connectivity index (χ1) is 15.6. The second-order valence-electron chi connectivity index (χ2n) is 8.06. The number of fused-ring (bicyclic) bond motifs is 4. The lowest BCUT2D eigenvalue weighted by Gasteiger charge is -2.09. The van der Waals surface area contributed by atoms with Gasteiger partial charge in [0, 0.05) is 25.4 Å². The number of nitrogens with zero attached hydrogens (tertiary/aromatic N) is 5. The van der Waals surface area contributed by atoms with Gasteiger partial charge in [-0.2, -0.15) is 0 Å². The van der Waals surface area contributed by atoms with E-state index in [9.17, 15) is 4.79 Å². The average molecular weight is 428 g/mol. The summed E-state index contributed by atoms with van der Waals surface area (Å²) in [5.41, 5.74) is 6.41. The zero-order valence-electron chi connectivity index (χ0n) is 18.5. The molecule has 7 nitrogen and oxygen atoms in total. The lowest BCUT2D eigenvalue weighted by Crippen LogP contribution is -2.21. The van der Waals surface area contributed by atoms with E-state index in [-0.39, 0.29) is 5.56 Å². The first kappa shape index (κ1) is 20.3. The smallest absolute Gasteiger partial charge is 0.265 e. The normalized spacial score (nSPS) is 11.7. The van der Waals surface area contributed by atoms with Crippen molar-refractivity contribution in [1.82, 2.24) is 24.1 Å².